The Hall–Kier alpha value is -2.60. The number of carbonyl (C=O) groups is 1. The predicted molar refractivity (Wildman–Crippen MR) is 78.3 cm³/mol. The van der Waals surface area contributed by atoms with Gasteiger partial charge in [-0.25, -0.2) is 4.39 Å². The number of rotatable bonds is 3. The van der Waals surface area contributed by atoms with E-state index in [1.807, 2.05) is 0 Å². The van der Waals surface area contributed by atoms with Crippen molar-refractivity contribution in [1.29, 1.82) is 0 Å². The number of nitrogens with zero attached hydrogens (tertiary/aromatic N) is 1. The standard InChI is InChI=1S/C14H11ClFN3O2/c15-11-6-5-10(7-12(11)16)18-14(20)9-3-1-8(2-4-9)13(17)19-21/h1-7,21H,(H2,17,19)(H,18,20). The van der Waals surface area contributed by atoms with Crippen LogP contribution in [0.2, 0.25) is 5.02 Å². The minimum atomic E-state index is -0.614. The Morgan fingerprint density at radius 2 is 1.81 bits per heavy atom. The van der Waals surface area contributed by atoms with Crippen LogP contribution in [0.4, 0.5) is 10.1 Å². The molecule has 0 atom stereocenters. The van der Waals surface area contributed by atoms with Crippen LogP contribution in [0.15, 0.2) is 47.6 Å². The van der Waals surface area contributed by atoms with Crippen LogP contribution in [-0.2, 0) is 0 Å². The average molecular weight is 308 g/mol. The van der Waals surface area contributed by atoms with Gasteiger partial charge in [0.15, 0.2) is 5.84 Å². The van der Waals surface area contributed by atoms with Crippen molar-refractivity contribution in [3.63, 3.8) is 0 Å². The molecule has 1 amide bonds. The highest BCUT2D eigenvalue weighted by Crippen LogP contribution is 2.19. The monoisotopic (exact) mass is 307 g/mol. The largest absolute Gasteiger partial charge is 0.409 e. The van der Waals surface area contributed by atoms with E-state index in [2.05, 4.69) is 10.5 Å². The molecule has 0 spiro atoms. The molecule has 0 aliphatic heterocycles. The molecule has 2 aromatic rings. The van der Waals surface area contributed by atoms with Gasteiger partial charge >= 0.3 is 0 Å². The lowest BCUT2D eigenvalue weighted by atomic mass is 10.1. The molecule has 0 unspecified atom stereocenters. The van der Waals surface area contributed by atoms with Gasteiger partial charge in [-0.3, -0.25) is 4.79 Å². The molecule has 0 bridgehead atoms. The first kappa shape index (κ1) is 14.8. The van der Waals surface area contributed by atoms with Crippen LogP contribution >= 0.6 is 11.6 Å². The zero-order valence-corrected chi connectivity index (χ0v) is 11.4. The molecule has 4 N–H and O–H groups in total. The Morgan fingerprint density at radius 1 is 1.19 bits per heavy atom. The first-order chi connectivity index (χ1) is 10.0. The number of halogens is 2. The Kier molecular flexibility index (Phi) is 4.39. The molecule has 0 saturated carbocycles. The smallest absolute Gasteiger partial charge is 0.255 e. The Balaban J connectivity index is 2.14. The second kappa shape index (κ2) is 6.23. The van der Waals surface area contributed by atoms with Gasteiger partial charge in [0.1, 0.15) is 5.82 Å². The molecule has 2 aromatic carbocycles. The van der Waals surface area contributed by atoms with Crippen molar-refractivity contribution in [2.24, 2.45) is 10.9 Å². The summed E-state index contributed by atoms with van der Waals surface area (Å²) < 4.78 is 13.3. The van der Waals surface area contributed by atoms with Gasteiger partial charge in [-0.1, -0.05) is 28.9 Å². The average Bonchev–Trinajstić information content (AvgIpc) is 2.50. The van der Waals surface area contributed by atoms with Crippen molar-refractivity contribution in [3.05, 3.63) is 64.4 Å². The van der Waals surface area contributed by atoms with Crippen molar-refractivity contribution in [3.8, 4) is 0 Å². The molecule has 2 rings (SSSR count). The number of anilines is 1. The highest BCUT2D eigenvalue weighted by Gasteiger charge is 2.08. The van der Waals surface area contributed by atoms with Crippen LogP contribution in [0, 0.1) is 5.82 Å². The molecule has 21 heavy (non-hydrogen) atoms. The second-order valence-electron chi connectivity index (χ2n) is 4.15. The van der Waals surface area contributed by atoms with Gasteiger partial charge in [0.25, 0.3) is 5.91 Å². The summed E-state index contributed by atoms with van der Waals surface area (Å²) in [5, 5.41) is 13.9. The third-order valence-electron chi connectivity index (χ3n) is 2.73. The molecule has 0 fully saturated rings. The summed E-state index contributed by atoms with van der Waals surface area (Å²) >= 11 is 5.56. The highest BCUT2D eigenvalue weighted by atomic mass is 35.5. The SMILES string of the molecule is NC(=NO)c1ccc(C(=O)Nc2ccc(Cl)c(F)c2)cc1. The third kappa shape index (κ3) is 3.49. The zero-order chi connectivity index (χ0) is 15.4. The van der Waals surface area contributed by atoms with E-state index in [0.29, 0.717) is 16.8 Å². The maximum Gasteiger partial charge on any atom is 0.255 e. The predicted octanol–water partition coefficient (Wildman–Crippen LogP) is 2.83. The first-order valence-corrected chi connectivity index (χ1v) is 6.23. The lowest BCUT2D eigenvalue weighted by Gasteiger charge is -2.06. The summed E-state index contributed by atoms with van der Waals surface area (Å²) in [5.74, 6) is -1.08. The number of amides is 1. The summed E-state index contributed by atoms with van der Waals surface area (Å²) in [6.07, 6.45) is 0. The Labute approximate surface area is 124 Å². The highest BCUT2D eigenvalue weighted by molar-refractivity contribution is 6.30. The van der Waals surface area contributed by atoms with Gasteiger partial charge in [0, 0.05) is 16.8 Å². The van der Waals surface area contributed by atoms with E-state index >= 15 is 0 Å². The maximum absolute atomic E-state index is 13.3. The normalized spacial score (nSPS) is 11.2. The number of nitrogens with two attached hydrogens (primary N) is 1. The van der Waals surface area contributed by atoms with Gasteiger partial charge < -0.3 is 16.3 Å². The van der Waals surface area contributed by atoms with Gasteiger partial charge in [0.2, 0.25) is 0 Å². The molecule has 0 radical (unpaired) electrons. The van der Waals surface area contributed by atoms with Crippen LogP contribution in [0.3, 0.4) is 0 Å². The molecule has 7 heteroatoms. The van der Waals surface area contributed by atoms with Crippen LogP contribution in [0.1, 0.15) is 15.9 Å². The molecular formula is C14H11ClFN3O2. The molecule has 0 aromatic heterocycles. The summed E-state index contributed by atoms with van der Waals surface area (Å²) in [7, 11) is 0. The van der Waals surface area contributed by atoms with Crippen LogP contribution in [0.5, 0.6) is 0 Å². The van der Waals surface area contributed by atoms with Crippen molar-refractivity contribution < 1.29 is 14.4 Å². The summed E-state index contributed by atoms with van der Waals surface area (Å²) in [6.45, 7) is 0. The van der Waals surface area contributed by atoms with E-state index in [9.17, 15) is 9.18 Å². The number of oxime groups is 1. The van der Waals surface area contributed by atoms with Gasteiger partial charge in [0.05, 0.1) is 5.02 Å². The first-order valence-electron chi connectivity index (χ1n) is 5.85. The van der Waals surface area contributed by atoms with E-state index in [1.54, 1.807) is 0 Å². The van der Waals surface area contributed by atoms with Crippen molar-refractivity contribution in [2.45, 2.75) is 0 Å². The number of nitrogens with one attached hydrogen (secondary N) is 1. The van der Waals surface area contributed by atoms with Crippen molar-refractivity contribution in [1.82, 2.24) is 0 Å². The zero-order valence-electron chi connectivity index (χ0n) is 10.7. The Bertz CT molecular complexity index is 702. The van der Waals surface area contributed by atoms with Gasteiger partial charge in [-0.2, -0.15) is 0 Å². The molecule has 0 aliphatic rings. The van der Waals surface area contributed by atoms with Crippen LogP contribution < -0.4 is 11.1 Å². The Morgan fingerprint density at radius 3 is 2.38 bits per heavy atom. The fourth-order valence-corrected chi connectivity index (χ4v) is 1.74. The van der Waals surface area contributed by atoms with E-state index in [0.717, 1.165) is 6.07 Å². The second-order valence-corrected chi connectivity index (χ2v) is 4.55. The van der Waals surface area contributed by atoms with Crippen LogP contribution in [0.25, 0.3) is 0 Å². The molecule has 0 heterocycles. The van der Waals surface area contributed by atoms with Crippen molar-refractivity contribution in [2.75, 3.05) is 5.32 Å². The maximum atomic E-state index is 13.3. The van der Waals surface area contributed by atoms with E-state index in [-0.39, 0.29) is 10.9 Å². The molecule has 108 valence electrons. The summed E-state index contributed by atoms with van der Waals surface area (Å²) in [4.78, 5) is 12.0. The topological polar surface area (TPSA) is 87.7 Å². The molecule has 0 saturated heterocycles. The molecular weight excluding hydrogens is 297 g/mol. The number of hydrogen-bond acceptors (Lipinski definition) is 3. The van der Waals surface area contributed by atoms with E-state index in [4.69, 9.17) is 22.5 Å². The van der Waals surface area contributed by atoms with E-state index in [1.165, 1.54) is 36.4 Å². The summed E-state index contributed by atoms with van der Waals surface area (Å²) in [5.41, 5.74) is 6.54. The van der Waals surface area contributed by atoms with Gasteiger partial charge in [-0.05, 0) is 30.3 Å². The fourth-order valence-electron chi connectivity index (χ4n) is 1.63. The number of hydrogen-bond donors (Lipinski definition) is 3. The lowest BCUT2D eigenvalue weighted by molar-refractivity contribution is 0.102. The number of benzene rings is 2. The van der Waals surface area contributed by atoms with Crippen molar-refractivity contribution >= 4 is 29.0 Å². The summed E-state index contributed by atoms with van der Waals surface area (Å²) in [6, 6.07) is 10.1. The minimum Gasteiger partial charge on any atom is -0.409 e. The minimum absolute atomic E-state index is 0.0175. The fraction of sp³-hybridized carbons (Fsp3) is 0. The van der Waals surface area contributed by atoms with Gasteiger partial charge in [-0.15, -0.1) is 0 Å². The number of carbonyl (C=O) groups excluding carboxylic acids is 1. The number of amidine groups is 1. The lowest BCUT2D eigenvalue weighted by Crippen LogP contribution is -2.15. The molecule has 0 aliphatic carbocycles. The van der Waals surface area contributed by atoms with E-state index < -0.39 is 11.7 Å². The quantitative estimate of drug-likeness (QED) is 0.352. The molecule has 5 nitrogen and oxygen atoms in total. The van der Waals surface area contributed by atoms with Crippen LogP contribution in [-0.4, -0.2) is 17.0 Å². The third-order valence-corrected chi connectivity index (χ3v) is 3.03.